The molecule has 6 heteroatoms. The molecule has 6 nitrogen and oxygen atoms in total. The average Bonchev–Trinajstić information content (AvgIpc) is 2.58. The number of nitrogens with one attached hydrogen (secondary N) is 2. The predicted octanol–water partition coefficient (Wildman–Crippen LogP) is 2.84. The topological polar surface area (TPSA) is 70.7 Å². The summed E-state index contributed by atoms with van der Waals surface area (Å²) >= 11 is 0. The molecule has 1 fully saturated rings. The first-order chi connectivity index (χ1) is 11.9. The van der Waals surface area contributed by atoms with E-state index in [4.69, 9.17) is 4.74 Å². The Morgan fingerprint density at radius 1 is 1.24 bits per heavy atom. The van der Waals surface area contributed by atoms with E-state index in [0.717, 1.165) is 42.7 Å². The van der Waals surface area contributed by atoms with E-state index in [1.807, 2.05) is 39.0 Å². The van der Waals surface area contributed by atoms with Crippen molar-refractivity contribution in [3.8, 4) is 0 Å². The van der Waals surface area contributed by atoms with Gasteiger partial charge < -0.3 is 15.4 Å². The van der Waals surface area contributed by atoms with E-state index in [2.05, 4.69) is 15.5 Å². The van der Waals surface area contributed by atoms with Gasteiger partial charge in [0.2, 0.25) is 5.91 Å². The number of carbonyl (C=O) groups is 2. The van der Waals surface area contributed by atoms with Crippen LogP contribution in [-0.4, -0.2) is 48.7 Å². The Labute approximate surface area is 149 Å². The van der Waals surface area contributed by atoms with Gasteiger partial charge in [0.1, 0.15) is 0 Å². The van der Waals surface area contributed by atoms with Gasteiger partial charge in [-0.1, -0.05) is 18.2 Å². The number of nitrogens with zero attached hydrogens (tertiary/aromatic N) is 1. The lowest BCUT2D eigenvalue weighted by Gasteiger charge is -2.35. The molecule has 2 N–H and O–H groups in total. The SMILES string of the molecule is CCOC(=O)NC1CCN(C(C)C(=O)Nc2c(C)cccc2C)CC1. The first-order valence-corrected chi connectivity index (χ1v) is 8.96. The molecule has 1 aliphatic rings. The molecule has 1 atom stereocenters. The lowest BCUT2D eigenvalue weighted by atomic mass is 10.0. The Kier molecular flexibility index (Phi) is 6.82. The zero-order valence-electron chi connectivity index (χ0n) is 15.6. The smallest absolute Gasteiger partial charge is 0.407 e. The Bertz CT molecular complexity index is 590. The minimum atomic E-state index is -0.359. The number of amides is 2. The van der Waals surface area contributed by atoms with Crippen molar-refractivity contribution in [1.82, 2.24) is 10.2 Å². The minimum absolute atomic E-state index is 0.00852. The van der Waals surface area contributed by atoms with Crippen molar-refractivity contribution in [3.63, 3.8) is 0 Å². The maximum absolute atomic E-state index is 12.6. The summed E-state index contributed by atoms with van der Waals surface area (Å²) in [5, 5.41) is 5.94. The Morgan fingerprint density at radius 3 is 2.40 bits per heavy atom. The van der Waals surface area contributed by atoms with Gasteiger partial charge in [0.25, 0.3) is 0 Å². The number of para-hydroxylation sites is 1. The van der Waals surface area contributed by atoms with E-state index in [-0.39, 0.29) is 24.1 Å². The van der Waals surface area contributed by atoms with Gasteiger partial charge in [-0.15, -0.1) is 0 Å². The summed E-state index contributed by atoms with van der Waals surface area (Å²) in [7, 11) is 0. The monoisotopic (exact) mass is 347 g/mol. The second-order valence-electron chi connectivity index (χ2n) is 6.61. The van der Waals surface area contributed by atoms with Crippen LogP contribution >= 0.6 is 0 Å². The van der Waals surface area contributed by atoms with Gasteiger partial charge in [-0.25, -0.2) is 4.79 Å². The van der Waals surface area contributed by atoms with Crippen LogP contribution in [0.15, 0.2) is 18.2 Å². The van der Waals surface area contributed by atoms with Gasteiger partial charge in [-0.05, 0) is 51.7 Å². The summed E-state index contributed by atoms with van der Waals surface area (Å²) in [6, 6.07) is 5.90. The van der Waals surface area contributed by atoms with E-state index >= 15 is 0 Å². The summed E-state index contributed by atoms with van der Waals surface area (Å²) in [5.74, 6) is 0.00852. The quantitative estimate of drug-likeness (QED) is 0.859. The van der Waals surface area contributed by atoms with Crippen molar-refractivity contribution in [2.24, 2.45) is 0 Å². The summed E-state index contributed by atoms with van der Waals surface area (Å²) < 4.78 is 4.92. The second-order valence-corrected chi connectivity index (χ2v) is 6.61. The van der Waals surface area contributed by atoms with E-state index in [1.54, 1.807) is 6.92 Å². The predicted molar refractivity (Wildman–Crippen MR) is 98.8 cm³/mol. The van der Waals surface area contributed by atoms with Gasteiger partial charge in [-0.2, -0.15) is 0 Å². The van der Waals surface area contributed by atoms with E-state index in [9.17, 15) is 9.59 Å². The van der Waals surface area contributed by atoms with Crippen molar-refractivity contribution in [2.75, 3.05) is 25.0 Å². The third-order valence-corrected chi connectivity index (χ3v) is 4.78. The van der Waals surface area contributed by atoms with Crippen molar-refractivity contribution < 1.29 is 14.3 Å². The first kappa shape index (κ1) is 19.2. The summed E-state index contributed by atoms with van der Waals surface area (Å²) in [6.07, 6.45) is 1.28. The molecule has 0 spiro atoms. The van der Waals surface area contributed by atoms with Gasteiger partial charge in [0, 0.05) is 24.8 Å². The number of anilines is 1. The number of likely N-dealkylation sites (tertiary alicyclic amines) is 1. The Morgan fingerprint density at radius 2 is 1.84 bits per heavy atom. The van der Waals surface area contributed by atoms with Gasteiger partial charge in [0.05, 0.1) is 12.6 Å². The fraction of sp³-hybridized carbons (Fsp3) is 0.579. The highest BCUT2D eigenvalue weighted by Gasteiger charge is 2.27. The van der Waals surface area contributed by atoms with Crippen LogP contribution < -0.4 is 10.6 Å². The third kappa shape index (κ3) is 5.19. The largest absolute Gasteiger partial charge is 0.450 e. The number of hydrogen-bond donors (Lipinski definition) is 2. The van der Waals surface area contributed by atoms with Crippen LogP contribution in [0.4, 0.5) is 10.5 Å². The van der Waals surface area contributed by atoms with E-state index < -0.39 is 0 Å². The van der Waals surface area contributed by atoms with Crippen molar-refractivity contribution in [3.05, 3.63) is 29.3 Å². The number of piperidine rings is 1. The number of rotatable bonds is 5. The van der Waals surface area contributed by atoms with Gasteiger partial charge in [0.15, 0.2) is 0 Å². The van der Waals surface area contributed by atoms with E-state index in [1.165, 1.54) is 0 Å². The molecule has 1 aromatic rings. The van der Waals surface area contributed by atoms with Crippen LogP contribution in [0.25, 0.3) is 0 Å². The number of benzene rings is 1. The normalized spacial score (nSPS) is 17.0. The molecule has 2 amide bonds. The molecule has 2 rings (SSSR count). The number of aryl methyl sites for hydroxylation is 2. The zero-order chi connectivity index (χ0) is 18.4. The molecule has 138 valence electrons. The summed E-state index contributed by atoms with van der Waals surface area (Å²) in [4.78, 5) is 26.3. The lowest BCUT2D eigenvalue weighted by Crippen LogP contribution is -2.50. The molecule has 1 heterocycles. The highest BCUT2D eigenvalue weighted by molar-refractivity contribution is 5.95. The van der Waals surface area contributed by atoms with Crippen molar-refractivity contribution in [1.29, 1.82) is 0 Å². The first-order valence-electron chi connectivity index (χ1n) is 8.96. The van der Waals surface area contributed by atoms with Crippen LogP contribution in [-0.2, 0) is 9.53 Å². The fourth-order valence-electron chi connectivity index (χ4n) is 3.18. The number of carbonyl (C=O) groups excluding carboxylic acids is 2. The Balaban J connectivity index is 1.86. The summed E-state index contributed by atoms with van der Waals surface area (Å²) in [6.45, 7) is 9.65. The van der Waals surface area contributed by atoms with Crippen molar-refractivity contribution in [2.45, 2.75) is 52.6 Å². The standard InChI is InChI=1S/C19H29N3O3/c1-5-25-19(24)20-16-9-11-22(12-10-16)15(4)18(23)21-17-13(2)7-6-8-14(17)3/h6-8,15-16H,5,9-12H2,1-4H3,(H,20,24)(H,21,23). The Hall–Kier alpha value is -2.08. The molecule has 1 unspecified atom stereocenters. The minimum Gasteiger partial charge on any atom is -0.450 e. The molecule has 0 saturated carbocycles. The van der Waals surface area contributed by atoms with Crippen LogP contribution in [0.3, 0.4) is 0 Å². The molecule has 0 radical (unpaired) electrons. The van der Waals surface area contributed by atoms with Crippen LogP contribution in [0, 0.1) is 13.8 Å². The van der Waals surface area contributed by atoms with Crippen LogP contribution in [0.1, 0.15) is 37.8 Å². The molecule has 0 bridgehead atoms. The maximum Gasteiger partial charge on any atom is 0.407 e. The molecular formula is C19H29N3O3. The van der Waals surface area contributed by atoms with Crippen LogP contribution in [0.2, 0.25) is 0 Å². The summed E-state index contributed by atoms with van der Waals surface area (Å²) in [5.41, 5.74) is 3.04. The fourth-order valence-corrected chi connectivity index (χ4v) is 3.18. The second kappa shape index (κ2) is 8.85. The number of alkyl carbamates (subject to hydrolysis) is 1. The zero-order valence-corrected chi connectivity index (χ0v) is 15.6. The highest BCUT2D eigenvalue weighted by Crippen LogP contribution is 2.21. The van der Waals surface area contributed by atoms with Crippen molar-refractivity contribution >= 4 is 17.7 Å². The number of ether oxygens (including phenoxy) is 1. The molecule has 1 saturated heterocycles. The number of hydrogen-bond acceptors (Lipinski definition) is 4. The molecule has 0 aliphatic carbocycles. The van der Waals surface area contributed by atoms with E-state index in [0.29, 0.717) is 6.61 Å². The average molecular weight is 347 g/mol. The third-order valence-electron chi connectivity index (χ3n) is 4.78. The van der Waals surface area contributed by atoms with Gasteiger partial charge >= 0.3 is 6.09 Å². The van der Waals surface area contributed by atoms with Gasteiger partial charge in [-0.3, -0.25) is 9.69 Å². The molecule has 1 aromatic carbocycles. The highest BCUT2D eigenvalue weighted by atomic mass is 16.5. The molecule has 1 aliphatic heterocycles. The molecular weight excluding hydrogens is 318 g/mol. The van der Waals surface area contributed by atoms with Crippen LogP contribution in [0.5, 0.6) is 0 Å². The lowest BCUT2D eigenvalue weighted by molar-refractivity contribution is -0.121. The molecule has 25 heavy (non-hydrogen) atoms. The molecule has 0 aromatic heterocycles. The maximum atomic E-state index is 12.6.